The fourth-order valence-corrected chi connectivity index (χ4v) is 2.68. The van der Waals surface area contributed by atoms with Gasteiger partial charge in [0.05, 0.1) is 12.2 Å². The molecule has 0 aromatic rings. The highest BCUT2D eigenvalue weighted by Crippen LogP contribution is 2.29. The molecular formula is C16H33NO. The summed E-state index contributed by atoms with van der Waals surface area (Å²) < 4.78 is 5.94. The summed E-state index contributed by atoms with van der Waals surface area (Å²) in [5.74, 6) is 0.991. The van der Waals surface area contributed by atoms with Crippen LogP contribution in [-0.2, 0) is 4.74 Å². The van der Waals surface area contributed by atoms with E-state index >= 15 is 0 Å². The Morgan fingerprint density at radius 1 is 1.22 bits per heavy atom. The SMILES string of the molecule is CCCNC(CCC1CCCC1)COC(C)(C)C. The van der Waals surface area contributed by atoms with Crippen LogP contribution in [0.2, 0.25) is 0 Å². The van der Waals surface area contributed by atoms with E-state index in [1.807, 2.05) is 0 Å². The van der Waals surface area contributed by atoms with Gasteiger partial charge >= 0.3 is 0 Å². The first kappa shape index (κ1) is 16.0. The van der Waals surface area contributed by atoms with Crippen molar-refractivity contribution in [2.45, 2.75) is 84.3 Å². The molecule has 0 heterocycles. The minimum atomic E-state index is -0.0144. The van der Waals surface area contributed by atoms with Gasteiger partial charge in [-0.15, -0.1) is 0 Å². The molecule has 1 unspecified atom stereocenters. The quantitative estimate of drug-likeness (QED) is 0.704. The Morgan fingerprint density at radius 2 is 1.89 bits per heavy atom. The molecular weight excluding hydrogens is 222 g/mol. The summed E-state index contributed by atoms with van der Waals surface area (Å²) in [6, 6.07) is 0.546. The molecule has 18 heavy (non-hydrogen) atoms. The normalized spacial score (nSPS) is 19.3. The summed E-state index contributed by atoms with van der Waals surface area (Å²) in [6.45, 7) is 10.6. The van der Waals surface area contributed by atoms with Gasteiger partial charge in [0, 0.05) is 6.04 Å². The molecule has 2 nitrogen and oxygen atoms in total. The molecule has 1 fully saturated rings. The van der Waals surface area contributed by atoms with Crippen molar-refractivity contribution in [2.24, 2.45) is 5.92 Å². The summed E-state index contributed by atoms with van der Waals surface area (Å²) in [5, 5.41) is 3.64. The van der Waals surface area contributed by atoms with Gasteiger partial charge in [-0.1, -0.05) is 32.6 Å². The lowest BCUT2D eigenvalue weighted by Gasteiger charge is -2.26. The minimum absolute atomic E-state index is 0.0144. The Labute approximate surface area is 114 Å². The van der Waals surface area contributed by atoms with Crippen LogP contribution in [0.25, 0.3) is 0 Å². The Kier molecular flexibility index (Phi) is 7.25. The van der Waals surface area contributed by atoms with Crippen molar-refractivity contribution >= 4 is 0 Å². The van der Waals surface area contributed by atoms with Crippen LogP contribution in [0.5, 0.6) is 0 Å². The number of ether oxygens (including phenoxy) is 1. The molecule has 0 aliphatic heterocycles. The van der Waals surface area contributed by atoms with Gasteiger partial charge in [0.15, 0.2) is 0 Å². The van der Waals surface area contributed by atoms with Crippen molar-refractivity contribution < 1.29 is 4.74 Å². The molecule has 1 saturated carbocycles. The monoisotopic (exact) mass is 255 g/mol. The van der Waals surface area contributed by atoms with Crippen LogP contribution >= 0.6 is 0 Å². The summed E-state index contributed by atoms with van der Waals surface area (Å²) in [6.07, 6.45) is 9.69. The van der Waals surface area contributed by atoms with Gasteiger partial charge < -0.3 is 10.1 Å². The number of rotatable bonds is 8. The third-order valence-electron chi connectivity index (χ3n) is 3.80. The molecule has 2 heteroatoms. The molecule has 108 valence electrons. The van der Waals surface area contributed by atoms with Crippen LogP contribution in [0.4, 0.5) is 0 Å². The van der Waals surface area contributed by atoms with Crippen LogP contribution in [-0.4, -0.2) is 24.8 Å². The van der Waals surface area contributed by atoms with E-state index in [9.17, 15) is 0 Å². The lowest BCUT2D eigenvalue weighted by Crippen LogP contribution is -2.37. The zero-order valence-electron chi connectivity index (χ0n) is 12.9. The van der Waals surface area contributed by atoms with E-state index in [2.05, 4.69) is 33.0 Å². The van der Waals surface area contributed by atoms with Gasteiger partial charge in [-0.05, 0) is 52.5 Å². The Balaban J connectivity index is 2.24. The van der Waals surface area contributed by atoms with Crippen LogP contribution in [0.3, 0.4) is 0 Å². The molecule has 0 radical (unpaired) electrons. The molecule has 0 spiro atoms. The molecule has 1 N–H and O–H groups in total. The number of nitrogens with one attached hydrogen (secondary N) is 1. The number of hydrogen-bond donors (Lipinski definition) is 1. The van der Waals surface area contributed by atoms with Crippen LogP contribution in [0.1, 0.15) is 72.6 Å². The van der Waals surface area contributed by atoms with Crippen molar-refractivity contribution in [3.63, 3.8) is 0 Å². The first-order valence-corrected chi connectivity index (χ1v) is 7.88. The third kappa shape index (κ3) is 7.38. The fraction of sp³-hybridized carbons (Fsp3) is 1.00. The smallest absolute Gasteiger partial charge is 0.0626 e. The van der Waals surface area contributed by atoms with Crippen molar-refractivity contribution in [2.75, 3.05) is 13.2 Å². The fourth-order valence-electron chi connectivity index (χ4n) is 2.68. The predicted molar refractivity (Wildman–Crippen MR) is 79.0 cm³/mol. The van der Waals surface area contributed by atoms with Gasteiger partial charge in [0.1, 0.15) is 0 Å². The van der Waals surface area contributed by atoms with Crippen LogP contribution in [0, 0.1) is 5.92 Å². The Bertz CT molecular complexity index is 204. The van der Waals surface area contributed by atoms with Gasteiger partial charge in [0.2, 0.25) is 0 Å². The van der Waals surface area contributed by atoms with Crippen molar-refractivity contribution in [3.8, 4) is 0 Å². The van der Waals surface area contributed by atoms with Gasteiger partial charge in [0.25, 0.3) is 0 Å². The number of hydrogen-bond acceptors (Lipinski definition) is 2. The highest BCUT2D eigenvalue weighted by Gasteiger charge is 2.19. The minimum Gasteiger partial charge on any atom is -0.374 e. The van der Waals surface area contributed by atoms with E-state index in [1.165, 1.54) is 44.9 Å². The van der Waals surface area contributed by atoms with E-state index in [1.54, 1.807) is 0 Å². The lowest BCUT2D eigenvalue weighted by atomic mass is 9.98. The topological polar surface area (TPSA) is 21.3 Å². The van der Waals surface area contributed by atoms with Crippen molar-refractivity contribution in [3.05, 3.63) is 0 Å². The molecule has 1 aliphatic carbocycles. The molecule has 0 bridgehead atoms. The largest absolute Gasteiger partial charge is 0.374 e. The standard InChI is InChI=1S/C16H33NO/c1-5-12-17-15(13-18-16(2,3)4)11-10-14-8-6-7-9-14/h14-15,17H,5-13H2,1-4H3. The molecule has 0 amide bonds. The highest BCUT2D eigenvalue weighted by molar-refractivity contribution is 4.74. The van der Waals surface area contributed by atoms with E-state index in [4.69, 9.17) is 4.74 Å². The van der Waals surface area contributed by atoms with Crippen molar-refractivity contribution in [1.82, 2.24) is 5.32 Å². The summed E-state index contributed by atoms with van der Waals surface area (Å²) in [4.78, 5) is 0. The second kappa shape index (κ2) is 8.16. The third-order valence-corrected chi connectivity index (χ3v) is 3.80. The summed E-state index contributed by atoms with van der Waals surface area (Å²) in [5.41, 5.74) is -0.0144. The average Bonchev–Trinajstić information content (AvgIpc) is 2.79. The Hall–Kier alpha value is -0.0800. The first-order chi connectivity index (χ1) is 8.51. The zero-order valence-corrected chi connectivity index (χ0v) is 12.9. The van der Waals surface area contributed by atoms with E-state index in [0.29, 0.717) is 6.04 Å². The highest BCUT2D eigenvalue weighted by atomic mass is 16.5. The predicted octanol–water partition coefficient (Wildman–Crippen LogP) is 4.14. The Morgan fingerprint density at radius 3 is 2.44 bits per heavy atom. The van der Waals surface area contributed by atoms with E-state index in [-0.39, 0.29) is 5.60 Å². The van der Waals surface area contributed by atoms with E-state index < -0.39 is 0 Å². The van der Waals surface area contributed by atoms with Crippen LogP contribution < -0.4 is 5.32 Å². The van der Waals surface area contributed by atoms with Crippen LogP contribution in [0.15, 0.2) is 0 Å². The maximum absolute atomic E-state index is 5.94. The van der Waals surface area contributed by atoms with Gasteiger partial charge in [-0.2, -0.15) is 0 Å². The summed E-state index contributed by atoms with van der Waals surface area (Å²) >= 11 is 0. The van der Waals surface area contributed by atoms with Gasteiger partial charge in [-0.25, -0.2) is 0 Å². The van der Waals surface area contributed by atoms with E-state index in [0.717, 1.165) is 19.1 Å². The maximum Gasteiger partial charge on any atom is 0.0626 e. The molecule has 1 rings (SSSR count). The molecule has 0 aromatic heterocycles. The van der Waals surface area contributed by atoms with Gasteiger partial charge in [-0.3, -0.25) is 0 Å². The first-order valence-electron chi connectivity index (χ1n) is 7.88. The lowest BCUT2D eigenvalue weighted by molar-refractivity contribution is -0.0160. The molecule has 0 saturated heterocycles. The second-order valence-electron chi connectivity index (χ2n) is 6.80. The second-order valence-corrected chi connectivity index (χ2v) is 6.80. The molecule has 0 aromatic carbocycles. The maximum atomic E-state index is 5.94. The van der Waals surface area contributed by atoms with Crippen molar-refractivity contribution in [1.29, 1.82) is 0 Å². The summed E-state index contributed by atoms with van der Waals surface area (Å²) in [7, 11) is 0. The molecule has 1 aliphatic rings. The zero-order chi connectivity index (χ0) is 13.4. The average molecular weight is 255 g/mol. The molecule has 1 atom stereocenters.